The molecule has 0 unspecified atom stereocenters. The molecule has 0 spiro atoms. The largest absolute Gasteiger partial charge is 0.508 e. The number of rotatable bonds is 7. The molecule has 9 nitrogen and oxygen atoms in total. The van der Waals surface area contributed by atoms with Gasteiger partial charge in [-0.2, -0.15) is 0 Å². The maximum atomic E-state index is 11.9. The van der Waals surface area contributed by atoms with E-state index in [-0.39, 0.29) is 22.6 Å². The van der Waals surface area contributed by atoms with Gasteiger partial charge in [0.05, 0.1) is 0 Å². The number of esters is 1. The molecule has 4 N–H and O–H groups in total. The molecular weight excluding hydrogens is 356 g/mol. The van der Waals surface area contributed by atoms with E-state index in [4.69, 9.17) is 9.84 Å². The summed E-state index contributed by atoms with van der Waals surface area (Å²) in [7, 11) is 0. The Balaban J connectivity index is 1.90. The summed E-state index contributed by atoms with van der Waals surface area (Å²) in [6, 6.07) is 11.2. The van der Waals surface area contributed by atoms with E-state index in [9.17, 15) is 24.3 Å². The smallest absolute Gasteiger partial charge is 0.330 e. The third-order valence-electron chi connectivity index (χ3n) is 3.23. The van der Waals surface area contributed by atoms with E-state index in [1.807, 2.05) is 0 Å². The molecule has 0 atom stereocenters. The van der Waals surface area contributed by atoms with Crippen LogP contribution in [-0.4, -0.2) is 47.1 Å². The minimum atomic E-state index is -1.19. The maximum absolute atomic E-state index is 11.9. The fourth-order valence-electron chi connectivity index (χ4n) is 2.03. The molecule has 2 aromatic rings. The van der Waals surface area contributed by atoms with Crippen LogP contribution in [0.2, 0.25) is 0 Å². The number of carbonyl (C=O) groups is 4. The number of amides is 2. The Hall–Kier alpha value is -3.88. The molecule has 0 aliphatic rings. The summed E-state index contributed by atoms with van der Waals surface area (Å²) < 4.78 is 5.04. The van der Waals surface area contributed by atoms with E-state index < -0.39 is 36.8 Å². The van der Waals surface area contributed by atoms with Gasteiger partial charge in [-0.15, -0.1) is 0 Å². The highest BCUT2D eigenvalue weighted by Crippen LogP contribution is 2.14. The molecule has 0 bridgehead atoms. The summed E-state index contributed by atoms with van der Waals surface area (Å²) >= 11 is 0. The van der Waals surface area contributed by atoms with Crippen LogP contribution in [0, 0.1) is 0 Å². The summed E-state index contributed by atoms with van der Waals surface area (Å²) in [6.07, 6.45) is 0. The van der Waals surface area contributed by atoms with Crippen LogP contribution in [-0.2, 0) is 9.59 Å². The van der Waals surface area contributed by atoms with Crippen molar-refractivity contribution in [2.24, 2.45) is 0 Å². The monoisotopic (exact) mass is 372 g/mol. The predicted octanol–water partition coefficient (Wildman–Crippen LogP) is 0.542. The van der Waals surface area contributed by atoms with Gasteiger partial charge in [-0.05, 0) is 36.4 Å². The number of aromatic hydroxyl groups is 1. The molecule has 0 heterocycles. The fraction of sp³-hybridized carbons (Fsp3) is 0.111. The van der Waals surface area contributed by atoms with E-state index in [0.29, 0.717) is 0 Å². The second kappa shape index (κ2) is 8.99. The van der Waals surface area contributed by atoms with Gasteiger partial charge in [0.15, 0.2) is 0 Å². The highest BCUT2D eigenvalue weighted by atomic mass is 16.5. The lowest BCUT2D eigenvalue weighted by Crippen LogP contribution is -2.32. The SMILES string of the molecule is O=C(O)CNC(=O)c1cccc(OC(=O)CNC(=O)c2cccc(O)c2)c1. The third kappa shape index (κ3) is 6.16. The Morgan fingerprint density at radius 1 is 0.852 bits per heavy atom. The number of benzene rings is 2. The van der Waals surface area contributed by atoms with E-state index >= 15 is 0 Å². The number of phenolic OH excluding ortho intramolecular Hbond substituents is 1. The quantitative estimate of drug-likeness (QED) is 0.410. The summed E-state index contributed by atoms with van der Waals surface area (Å²) in [5, 5.41) is 22.4. The zero-order chi connectivity index (χ0) is 19.8. The van der Waals surface area contributed by atoms with Crippen LogP contribution in [0.1, 0.15) is 20.7 Å². The number of nitrogens with one attached hydrogen (secondary N) is 2. The number of carbonyl (C=O) groups excluding carboxylic acids is 3. The molecule has 2 aromatic carbocycles. The van der Waals surface area contributed by atoms with Gasteiger partial charge in [0.25, 0.3) is 11.8 Å². The van der Waals surface area contributed by atoms with Crippen molar-refractivity contribution >= 4 is 23.8 Å². The van der Waals surface area contributed by atoms with Gasteiger partial charge in [-0.3, -0.25) is 14.4 Å². The Bertz CT molecular complexity index is 880. The molecule has 9 heteroatoms. The van der Waals surface area contributed by atoms with Crippen molar-refractivity contribution < 1.29 is 34.1 Å². The van der Waals surface area contributed by atoms with Gasteiger partial charge in [0.1, 0.15) is 24.6 Å². The van der Waals surface area contributed by atoms with Crippen molar-refractivity contribution in [3.05, 3.63) is 59.7 Å². The van der Waals surface area contributed by atoms with Crippen molar-refractivity contribution in [1.82, 2.24) is 10.6 Å². The molecule has 0 saturated heterocycles. The number of hydrogen-bond donors (Lipinski definition) is 4. The first-order chi connectivity index (χ1) is 12.8. The van der Waals surface area contributed by atoms with Crippen molar-refractivity contribution in [1.29, 1.82) is 0 Å². The summed E-state index contributed by atoms with van der Waals surface area (Å²) in [5.41, 5.74) is 0.297. The van der Waals surface area contributed by atoms with Crippen molar-refractivity contribution in [2.75, 3.05) is 13.1 Å². The van der Waals surface area contributed by atoms with Crippen LogP contribution in [0.15, 0.2) is 48.5 Å². The Morgan fingerprint density at radius 3 is 2.07 bits per heavy atom. The minimum Gasteiger partial charge on any atom is -0.508 e. The van der Waals surface area contributed by atoms with Crippen molar-refractivity contribution in [3.63, 3.8) is 0 Å². The first-order valence-electron chi connectivity index (χ1n) is 7.73. The first-order valence-corrected chi connectivity index (χ1v) is 7.73. The Labute approximate surface area is 153 Å². The molecule has 0 radical (unpaired) electrons. The zero-order valence-corrected chi connectivity index (χ0v) is 14.0. The highest BCUT2D eigenvalue weighted by molar-refractivity contribution is 5.97. The van der Waals surface area contributed by atoms with Gasteiger partial charge in [-0.1, -0.05) is 12.1 Å². The molecule has 0 fully saturated rings. The van der Waals surface area contributed by atoms with Crippen LogP contribution in [0.4, 0.5) is 0 Å². The van der Waals surface area contributed by atoms with Crippen LogP contribution in [0.3, 0.4) is 0 Å². The van der Waals surface area contributed by atoms with E-state index in [0.717, 1.165) is 0 Å². The fourth-order valence-corrected chi connectivity index (χ4v) is 2.03. The highest BCUT2D eigenvalue weighted by Gasteiger charge is 2.12. The van der Waals surface area contributed by atoms with E-state index in [1.165, 1.54) is 48.5 Å². The summed E-state index contributed by atoms with van der Waals surface area (Å²) in [4.78, 5) is 46.0. The number of phenols is 1. The lowest BCUT2D eigenvalue weighted by molar-refractivity contribution is -0.136. The second-order valence-corrected chi connectivity index (χ2v) is 5.31. The molecular formula is C18H16N2O7. The van der Waals surface area contributed by atoms with Crippen LogP contribution in [0.25, 0.3) is 0 Å². The molecule has 0 aliphatic heterocycles. The van der Waals surface area contributed by atoms with Crippen LogP contribution >= 0.6 is 0 Å². The van der Waals surface area contributed by atoms with Crippen LogP contribution < -0.4 is 15.4 Å². The second-order valence-electron chi connectivity index (χ2n) is 5.31. The van der Waals surface area contributed by atoms with E-state index in [2.05, 4.69) is 10.6 Å². The normalized spacial score (nSPS) is 9.93. The molecule has 140 valence electrons. The number of ether oxygens (including phenoxy) is 1. The Morgan fingerprint density at radius 2 is 1.44 bits per heavy atom. The lowest BCUT2D eigenvalue weighted by Gasteiger charge is -2.08. The number of aliphatic carboxylic acids is 1. The summed E-state index contributed by atoms with van der Waals surface area (Å²) in [5.74, 6) is -3.17. The molecule has 2 rings (SSSR count). The summed E-state index contributed by atoms with van der Waals surface area (Å²) in [6.45, 7) is -0.964. The average molecular weight is 372 g/mol. The number of carboxylic acid groups (broad SMARTS) is 1. The number of carboxylic acids is 1. The topological polar surface area (TPSA) is 142 Å². The van der Waals surface area contributed by atoms with Crippen molar-refractivity contribution in [3.8, 4) is 11.5 Å². The predicted molar refractivity (Wildman–Crippen MR) is 92.5 cm³/mol. The van der Waals surface area contributed by atoms with Crippen molar-refractivity contribution in [2.45, 2.75) is 0 Å². The van der Waals surface area contributed by atoms with Crippen LogP contribution in [0.5, 0.6) is 11.5 Å². The number of hydrogen-bond acceptors (Lipinski definition) is 6. The molecule has 0 aliphatic carbocycles. The standard InChI is InChI=1S/C18H16N2O7/c21-13-5-1-3-11(7-13)17(25)20-10-16(24)27-14-6-2-4-12(8-14)18(26)19-9-15(22)23/h1-8,21H,9-10H2,(H,19,26)(H,20,25)(H,22,23). The van der Waals surface area contributed by atoms with Gasteiger partial charge >= 0.3 is 11.9 Å². The Kier molecular flexibility index (Phi) is 6.48. The van der Waals surface area contributed by atoms with Gasteiger partial charge in [-0.25, -0.2) is 4.79 Å². The molecule has 2 amide bonds. The van der Waals surface area contributed by atoms with Gasteiger partial charge in [0, 0.05) is 11.1 Å². The molecule has 27 heavy (non-hydrogen) atoms. The van der Waals surface area contributed by atoms with Gasteiger partial charge in [0.2, 0.25) is 0 Å². The molecule has 0 saturated carbocycles. The first kappa shape index (κ1) is 19.4. The zero-order valence-electron chi connectivity index (χ0n) is 14.0. The molecule has 0 aromatic heterocycles. The third-order valence-corrected chi connectivity index (χ3v) is 3.23. The maximum Gasteiger partial charge on any atom is 0.330 e. The minimum absolute atomic E-state index is 0.0644. The van der Waals surface area contributed by atoms with Gasteiger partial charge < -0.3 is 25.6 Å². The van der Waals surface area contributed by atoms with E-state index in [1.54, 1.807) is 0 Å². The lowest BCUT2D eigenvalue weighted by atomic mass is 10.2. The average Bonchev–Trinajstić information content (AvgIpc) is 2.64.